The molecule has 0 saturated heterocycles. The molecule has 0 fully saturated rings. The number of nitrogens with zero attached hydrogens (tertiary/aromatic N) is 1. The van der Waals surface area contributed by atoms with Crippen LogP contribution in [0.1, 0.15) is 0 Å². The molecule has 19 heavy (non-hydrogen) atoms. The topological polar surface area (TPSA) is 48.1 Å². The van der Waals surface area contributed by atoms with Crippen molar-refractivity contribution in [2.45, 2.75) is 0 Å². The van der Waals surface area contributed by atoms with Crippen LogP contribution in [0, 0.1) is 0 Å². The Bertz CT molecular complexity index is 718. The number of nitrogen functional groups attached to an aromatic ring is 1. The zero-order valence-electron chi connectivity index (χ0n) is 10.0. The third-order valence-corrected chi connectivity index (χ3v) is 3.13. The number of aromatic nitrogens is 1. The molecule has 2 aromatic carbocycles. The van der Waals surface area contributed by atoms with Gasteiger partial charge in [0.05, 0.1) is 10.7 Å². The molecule has 0 saturated carbocycles. The number of ether oxygens (including phenoxy) is 1. The first-order valence-electron chi connectivity index (χ1n) is 5.81. The van der Waals surface area contributed by atoms with Gasteiger partial charge in [-0.3, -0.25) is 0 Å². The van der Waals surface area contributed by atoms with Crippen LogP contribution in [0.5, 0.6) is 11.6 Å². The van der Waals surface area contributed by atoms with Crippen LogP contribution in [0.4, 0.5) is 5.69 Å². The van der Waals surface area contributed by atoms with Gasteiger partial charge < -0.3 is 10.5 Å². The maximum atomic E-state index is 6.10. The van der Waals surface area contributed by atoms with Crippen molar-refractivity contribution in [2.75, 3.05) is 5.73 Å². The minimum atomic E-state index is 0.438. The molecule has 3 nitrogen and oxygen atoms in total. The first-order chi connectivity index (χ1) is 9.25. The maximum absolute atomic E-state index is 6.10. The summed E-state index contributed by atoms with van der Waals surface area (Å²) in [7, 11) is 0. The lowest BCUT2D eigenvalue weighted by Gasteiger charge is -2.11. The minimum absolute atomic E-state index is 0.438. The third-order valence-electron chi connectivity index (χ3n) is 2.83. The molecule has 1 heterocycles. The van der Waals surface area contributed by atoms with Crippen LogP contribution in [-0.4, -0.2) is 4.98 Å². The quantitative estimate of drug-likeness (QED) is 0.708. The number of hydrogen-bond donors (Lipinski definition) is 1. The predicted octanol–water partition coefficient (Wildman–Crippen LogP) is 4.26. The van der Waals surface area contributed by atoms with Crippen molar-refractivity contribution in [3.63, 3.8) is 0 Å². The number of anilines is 1. The number of rotatable bonds is 2. The number of fused-ring (bicyclic) bond motifs is 1. The van der Waals surface area contributed by atoms with Crippen molar-refractivity contribution in [3.8, 4) is 11.6 Å². The lowest BCUT2D eigenvalue weighted by atomic mass is 10.2. The second kappa shape index (κ2) is 4.78. The Morgan fingerprint density at radius 3 is 2.68 bits per heavy atom. The minimum Gasteiger partial charge on any atom is -0.435 e. The summed E-state index contributed by atoms with van der Waals surface area (Å²) >= 11 is 6.10. The molecule has 0 radical (unpaired) electrons. The lowest BCUT2D eigenvalue weighted by Crippen LogP contribution is -1.94. The average molecular weight is 271 g/mol. The normalized spacial score (nSPS) is 10.6. The molecule has 0 aliphatic heterocycles. The zero-order chi connectivity index (χ0) is 13.2. The molecule has 0 aliphatic carbocycles. The van der Waals surface area contributed by atoms with E-state index in [4.69, 9.17) is 22.1 Å². The van der Waals surface area contributed by atoms with Crippen molar-refractivity contribution < 1.29 is 4.74 Å². The third kappa shape index (κ3) is 2.20. The molecule has 0 amide bonds. The molecule has 0 bridgehead atoms. The van der Waals surface area contributed by atoms with E-state index in [2.05, 4.69) is 4.98 Å². The number of halogens is 1. The van der Waals surface area contributed by atoms with Crippen molar-refractivity contribution in [2.24, 2.45) is 0 Å². The van der Waals surface area contributed by atoms with Gasteiger partial charge in [-0.05, 0) is 29.7 Å². The van der Waals surface area contributed by atoms with E-state index in [1.165, 1.54) is 0 Å². The van der Waals surface area contributed by atoms with Gasteiger partial charge in [-0.25, -0.2) is 4.98 Å². The van der Waals surface area contributed by atoms with Crippen LogP contribution < -0.4 is 10.5 Å². The van der Waals surface area contributed by atoms with Crippen molar-refractivity contribution in [3.05, 3.63) is 59.8 Å². The lowest BCUT2D eigenvalue weighted by molar-refractivity contribution is 0.472. The fourth-order valence-electron chi connectivity index (χ4n) is 1.90. The van der Waals surface area contributed by atoms with Gasteiger partial charge in [0, 0.05) is 11.6 Å². The molecule has 3 rings (SSSR count). The number of benzene rings is 2. The Morgan fingerprint density at radius 2 is 1.84 bits per heavy atom. The smallest absolute Gasteiger partial charge is 0.227 e. The highest BCUT2D eigenvalue weighted by Gasteiger charge is 2.10. The highest BCUT2D eigenvalue weighted by Crippen LogP contribution is 2.36. The van der Waals surface area contributed by atoms with Crippen molar-refractivity contribution in [1.29, 1.82) is 0 Å². The van der Waals surface area contributed by atoms with Gasteiger partial charge in [0.1, 0.15) is 0 Å². The molecule has 94 valence electrons. The number of hydrogen-bond acceptors (Lipinski definition) is 3. The Balaban J connectivity index is 2.11. The Hall–Kier alpha value is -2.26. The highest BCUT2D eigenvalue weighted by atomic mass is 35.5. The summed E-state index contributed by atoms with van der Waals surface area (Å²) in [6.07, 6.45) is 1.70. The molecular formula is C15H11ClN2O. The van der Waals surface area contributed by atoms with Crippen LogP contribution in [0.2, 0.25) is 5.02 Å². The van der Waals surface area contributed by atoms with Gasteiger partial charge in [-0.1, -0.05) is 35.9 Å². The standard InChI is InChI=1S/C15H11ClN2O/c16-12-6-3-7-13(17)14(12)19-15-11-5-2-1-4-10(11)8-9-18-15/h1-9H,17H2. The summed E-state index contributed by atoms with van der Waals surface area (Å²) in [5, 5.41) is 2.44. The fourth-order valence-corrected chi connectivity index (χ4v) is 2.12. The molecule has 3 aromatic rings. The van der Waals surface area contributed by atoms with E-state index < -0.39 is 0 Å². The molecule has 1 aromatic heterocycles. The van der Waals surface area contributed by atoms with E-state index in [0.29, 0.717) is 22.3 Å². The van der Waals surface area contributed by atoms with Crippen LogP contribution in [0.15, 0.2) is 54.7 Å². The van der Waals surface area contributed by atoms with E-state index in [1.54, 1.807) is 24.4 Å². The largest absolute Gasteiger partial charge is 0.435 e. The van der Waals surface area contributed by atoms with Crippen LogP contribution in [-0.2, 0) is 0 Å². The van der Waals surface area contributed by atoms with Crippen LogP contribution in [0.3, 0.4) is 0 Å². The van der Waals surface area contributed by atoms with E-state index in [1.807, 2.05) is 30.3 Å². The fraction of sp³-hybridized carbons (Fsp3) is 0. The summed E-state index contributed by atoms with van der Waals surface area (Å²) in [5.41, 5.74) is 6.36. The van der Waals surface area contributed by atoms with Gasteiger partial charge in [-0.15, -0.1) is 0 Å². The second-order valence-corrected chi connectivity index (χ2v) is 4.50. The number of nitrogens with two attached hydrogens (primary N) is 1. The summed E-state index contributed by atoms with van der Waals surface area (Å²) in [6, 6.07) is 15.0. The van der Waals surface area contributed by atoms with Gasteiger partial charge in [0.25, 0.3) is 0 Å². The van der Waals surface area contributed by atoms with Gasteiger partial charge in [0.15, 0.2) is 5.75 Å². The number of pyridine rings is 1. The molecule has 0 atom stereocenters. The van der Waals surface area contributed by atoms with E-state index in [0.717, 1.165) is 10.8 Å². The first kappa shape index (κ1) is 11.8. The van der Waals surface area contributed by atoms with Gasteiger partial charge in [-0.2, -0.15) is 0 Å². The van der Waals surface area contributed by atoms with Gasteiger partial charge in [0.2, 0.25) is 5.88 Å². The average Bonchev–Trinajstić information content (AvgIpc) is 2.43. The molecule has 0 aliphatic rings. The molecule has 0 unspecified atom stereocenters. The summed E-state index contributed by atoms with van der Waals surface area (Å²) in [4.78, 5) is 4.25. The highest BCUT2D eigenvalue weighted by molar-refractivity contribution is 6.32. The SMILES string of the molecule is Nc1cccc(Cl)c1Oc1nccc2ccccc12. The van der Waals surface area contributed by atoms with E-state index >= 15 is 0 Å². The van der Waals surface area contributed by atoms with Crippen molar-refractivity contribution >= 4 is 28.1 Å². The van der Waals surface area contributed by atoms with E-state index in [9.17, 15) is 0 Å². The molecule has 2 N–H and O–H groups in total. The van der Waals surface area contributed by atoms with Crippen molar-refractivity contribution in [1.82, 2.24) is 4.98 Å². The zero-order valence-corrected chi connectivity index (χ0v) is 10.8. The summed E-state index contributed by atoms with van der Waals surface area (Å²) in [5.74, 6) is 0.936. The van der Waals surface area contributed by atoms with Gasteiger partial charge >= 0.3 is 0 Å². The summed E-state index contributed by atoms with van der Waals surface area (Å²) < 4.78 is 5.79. The number of para-hydroxylation sites is 1. The maximum Gasteiger partial charge on any atom is 0.227 e. The Labute approximate surface area is 115 Å². The molecular weight excluding hydrogens is 260 g/mol. The predicted molar refractivity (Wildman–Crippen MR) is 77.7 cm³/mol. The second-order valence-electron chi connectivity index (χ2n) is 4.10. The molecule has 0 spiro atoms. The Kier molecular flexibility index (Phi) is 2.97. The van der Waals surface area contributed by atoms with E-state index in [-0.39, 0.29) is 0 Å². The Morgan fingerprint density at radius 1 is 1.00 bits per heavy atom. The molecule has 4 heteroatoms. The summed E-state index contributed by atoms with van der Waals surface area (Å²) in [6.45, 7) is 0. The van der Waals surface area contributed by atoms with Crippen LogP contribution >= 0.6 is 11.6 Å². The van der Waals surface area contributed by atoms with Crippen LogP contribution in [0.25, 0.3) is 10.8 Å². The monoisotopic (exact) mass is 270 g/mol. The first-order valence-corrected chi connectivity index (χ1v) is 6.19.